The van der Waals surface area contributed by atoms with Crippen LogP contribution in [0.2, 0.25) is 0 Å². The van der Waals surface area contributed by atoms with E-state index in [1.165, 1.54) is 192 Å². The standard InChI is InChI=1S/C39H80N2/c1-8-11-14-17-19-20-22-26-31-39(30-25-21-18-15-12-9-2)36-38(5)37(4)29-24-23-28-33-41(35-34-40(6)7)32-27-16-13-10-3/h38-39H,4,8-36H2,1-3,5-7H3. The van der Waals surface area contributed by atoms with Crippen molar-refractivity contribution in [3.8, 4) is 0 Å². The fourth-order valence-corrected chi connectivity index (χ4v) is 6.38. The minimum atomic E-state index is 0.698. The smallest absolute Gasteiger partial charge is 0.0109 e. The van der Waals surface area contributed by atoms with Gasteiger partial charge in [-0.2, -0.15) is 0 Å². The minimum absolute atomic E-state index is 0.698. The quantitative estimate of drug-likeness (QED) is 0.0566. The van der Waals surface area contributed by atoms with E-state index in [1.807, 2.05) is 0 Å². The summed E-state index contributed by atoms with van der Waals surface area (Å²) in [5.41, 5.74) is 1.54. The van der Waals surface area contributed by atoms with Crippen LogP contribution in [0.4, 0.5) is 0 Å². The first-order valence-corrected chi connectivity index (χ1v) is 19.0. The highest BCUT2D eigenvalue weighted by Crippen LogP contribution is 2.30. The molecule has 2 heteroatoms. The Kier molecular flexibility index (Phi) is 30.8. The fourth-order valence-electron chi connectivity index (χ4n) is 6.38. The molecule has 0 amide bonds. The van der Waals surface area contributed by atoms with E-state index in [9.17, 15) is 0 Å². The third-order valence-corrected chi connectivity index (χ3v) is 9.48. The molecule has 0 bridgehead atoms. The van der Waals surface area contributed by atoms with Gasteiger partial charge in [-0.15, -0.1) is 0 Å². The maximum Gasteiger partial charge on any atom is 0.0109 e. The third-order valence-electron chi connectivity index (χ3n) is 9.48. The maximum atomic E-state index is 4.61. The summed E-state index contributed by atoms with van der Waals surface area (Å²) in [5.74, 6) is 1.62. The van der Waals surface area contributed by atoms with Crippen LogP contribution < -0.4 is 0 Å². The average Bonchev–Trinajstić information content (AvgIpc) is 2.95. The molecule has 0 radical (unpaired) electrons. The molecule has 0 N–H and O–H groups in total. The average molecular weight is 577 g/mol. The molecule has 0 aromatic heterocycles. The summed E-state index contributed by atoms with van der Waals surface area (Å²) in [6, 6.07) is 0. The fraction of sp³-hybridized carbons (Fsp3) is 0.949. The molecular weight excluding hydrogens is 496 g/mol. The highest BCUT2D eigenvalue weighted by molar-refractivity contribution is 4.99. The Bertz CT molecular complexity index is 528. The summed E-state index contributed by atoms with van der Waals surface area (Å²) in [5, 5.41) is 0. The maximum absolute atomic E-state index is 4.61. The predicted molar refractivity (Wildman–Crippen MR) is 189 cm³/mol. The van der Waals surface area contributed by atoms with Gasteiger partial charge in [-0.05, 0) is 71.1 Å². The van der Waals surface area contributed by atoms with Crippen LogP contribution in [-0.4, -0.2) is 50.1 Å². The van der Waals surface area contributed by atoms with Gasteiger partial charge in [0.05, 0.1) is 0 Å². The molecule has 0 heterocycles. The van der Waals surface area contributed by atoms with E-state index in [-0.39, 0.29) is 0 Å². The van der Waals surface area contributed by atoms with E-state index in [0.29, 0.717) is 5.92 Å². The molecule has 0 rings (SSSR count). The number of nitrogens with zero attached hydrogens (tertiary/aromatic N) is 2. The van der Waals surface area contributed by atoms with E-state index in [0.717, 1.165) is 5.92 Å². The topological polar surface area (TPSA) is 6.48 Å². The molecule has 0 saturated heterocycles. The van der Waals surface area contributed by atoms with Gasteiger partial charge in [-0.25, -0.2) is 0 Å². The molecule has 0 aliphatic heterocycles. The summed E-state index contributed by atoms with van der Waals surface area (Å²) < 4.78 is 0. The van der Waals surface area contributed by atoms with Crippen LogP contribution in [0.1, 0.15) is 188 Å². The molecule has 0 fully saturated rings. The van der Waals surface area contributed by atoms with Gasteiger partial charge in [0.2, 0.25) is 0 Å². The van der Waals surface area contributed by atoms with E-state index in [4.69, 9.17) is 0 Å². The van der Waals surface area contributed by atoms with E-state index in [1.54, 1.807) is 0 Å². The Morgan fingerprint density at radius 1 is 0.512 bits per heavy atom. The van der Waals surface area contributed by atoms with Gasteiger partial charge in [0.15, 0.2) is 0 Å². The van der Waals surface area contributed by atoms with E-state index < -0.39 is 0 Å². The van der Waals surface area contributed by atoms with Crippen LogP contribution in [0, 0.1) is 11.8 Å². The molecule has 2 unspecified atom stereocenters. The van der Waals surface area contributed by atoms with E-state index >= 15 is 0 Å². The highest BCUT2D eigenvalue weighted by Gasteiger charge is 2.15. The number of hydrogen-bond acceptors (Lipinski definition) is 2. The lowest BCUT2D eigenvalue weighted by molar-refractivity contribution is 0.232. The van der Waals surface area contributed by atoms with Crippen molar-refractivity contribution in [2.24, 2.45) is 11.8 Å². The van der Waals surface area contributed by atoms with Crippen LogP contribution in [0.15, 0.2) is 12.2 Å². The second kappa shape index (κ2) is 31.1. The number of hydrogen-bond donors (Lipinski definition) is 0. The lowest BCUT2D eigenvalue weighted by Gasteiger charge is -2.24. The van der Waals surface area contributed by atoms with Crippen molar-refractivity contribution in [2.75, 3.05) is 40.3 Å². The zero-order chi connectivity index (χ0) is 30.4. The largest absolute Gasteiger partial charge is 0.308 e. The SMILES string of the molecule is C=C(CCCCCN(CCCCCC)CCN(C)C)C(C)CC(CCCCCCCC)CCCCCCCCCC. The second-order valence-corrected chi connectivity index (χ2v) is 14.0. The molecule has 41 heavy (non-hydrogen) atoms. The molecule has 0 spiro atoms. The summed E-state index contributed by atoms with van der Waals surface area (Å²) in [7, 11) is 4.41. The van der Waals surface area contributed by atoms with Crippen molar-refractivity contribution in [3.63, 3.8) is 0 Å². The normalized spacial score (nSPS) is 13.4. The van der Waals surface area contributed by atoms with Gasteiger partial charge in [-0.1, -0.05) is 168 Å². The molecular formula is C39H80N2. The van der Waals surface area contributed by atoms with Crippen molar-refractivity contribution in [2.45, 2.75) is 188 Å². The van der Waals surface area contributed by atoms with Gasteiger partial charge in [0.25, 0.3) is 0 Å². The molecule has 0 aromatic rings. The van der Waals surface area contributed by atoms with Gasteiger partial charge in [0.1, 0.15) is 0 Å². The molecule has 2 nitrogen and oxygen atoms in total. The van der Waals surface area contributed by atoms with Crippen molar-refractivity contribution in [1.29, 1.82) is 0 Å². The Balaban J connectivity index is 4.40. The van der Waals surface area contributed by atoms with Crippen molar-refractivity contribution >= 4 is 0 Å². The van der Waals surface area contributed by atoms with Gasteiger partial charge < -0.3 is 9.80 Å². The Labute approximate surface area is 261 Å². The molecule has 0 aliphatic carbocycles. The number of allylic oxidation sites excluding steroid dienone is 1. The Morgan fingerprint density at radius 3 is 1.39 bits per heavy atom. The second-order valence-electron chi connectivity index (χ2n) is 14.0. The van der Waals surface area contributed by atoms with Crippen LogP contribution in [0.25, 0.3) is 0 Å². The minimum Gasteiger partial charge on any atom is -0.308 e. The van der Waals surface area contributed by atoms with Crippen molar-refractivity contribution in [1.82, 2.24) is 9.80 Å². The molecule has 2 atom stereocenters. The number of rotatable bonds is 33. The van der Waals surface area contributed by atoms with Crippen molar-refractivity contribution in [3.05, 3.63) is 12.2 Å². The van der Waals surface area contributed by atoms with Crippen LogP contribution in [0.5, 0.6) is 0 Å². The van der Waals surface area contributed by atoms with Crippen LogP contribution >= 0.6 is 0 Å². The van der Waals surface area contributed by atoms with Crippen molar-refractivity contribution < 1.29 is 0 Å². The van der Waals surface area contributed by atoms with Gasteiger partial charge >= 0.3 is 0 Å². The molecule has 246 valence electrons. The van der Waals surface area contributed by atoms with Gasteiger partial charge in [-0.3, -0.25) is 0 Å². The van der Waals surface area contributed by atoms with Crippen LogP contribution in [-0.2, 0) is 0 Å². The van der Waals surface area contributed by atoms with Gasteiger partial charge in [0, 0.05) is 13.1 Å². The lowest BCUT2D eigenvalue weighted by atomic mass is 9.83. The first kappa shape index (κ1) is 40.7. The summed E-state index contributed by atoms with van der Waals surface area (Å²) in [6.07, 6.45) is 35.2. The lowest BCUT2D eigenvalue weighted by Crippen LogP contribution is -2.33. The summed E-state index contributed by atoms with van der Waals surface area (Å²) >= 11 is 0. The predicted octanol–water partition coefficient (Wildman–Crippen LogP) is 12.5. The zero-order valence-corrected chi connectivity index (χ0v) is 29.8. The Hall–Kier alpha value is -0.340. The number of unbranched alkanes of at least 4 members (excludes halogenated alkanes) is 17. The first-order valence-electron chi connectivity index (χ1n) is 19.0. The zero-order valence-electron chi connectivity index (χ0n) is 29.8. The molecule has 0 saturated carbocycles. The summed E-state index contributed by atoms with van der Waals surface area (Å²) in [4.78, 5) is 5.06. The molecule has 0 aromatic carbocycles. The monoisotopic (exact) mass is 577 g/mol. The summed E-state index contributed by atoms with van der Waals surface area (Å²) in [6.45, 7) is 19.0. The first-order chi connectivity index (χ1) is 19.9. The highest BCUT2D eigenvalue weighted by atomic mass is 15.2. The molecule has 0 aliphatic rings. The van der Waals surface area contributed by atoms with E-state index in [2.05, 4.69) is 58.2 Å². The number of likely N-dealkylation sites (N-methyl/N-ethyl adjacent to an activating group) is 1. The third kappa shape index (κ3) is 28.2. The Morgan fingerprint density at radius 2 is 0.927 bits per heavy atom. The van der Waals surface area contributed by atoms with Crippen LogP contribution in [0.3, 0.4) is 0 Å².